The van der Waals surface area contributed by atoms with Crippen molar-refractivity contribution in [1.29, 1.82) is 0 Å². The van der Waals surface area contributed by atoms with Gasteiger partial charge >= 0.3 is 5.97 Å². The monoisotopic (exact) mass is 286 g/mol. The number of hydrogen-bond donors (Lipinski definition) is 2. The van der Waals surface area contributed by atoms with E-state index in [1.54, 1.807) is 20.8 Å². The molecule has 0 rings (SSSR count). The molecule has 0 unspecified atom stereocenters. The zero-order valence-electron chi connectivity index (χ0n) is 12.7. The highest BCUT2D eigenvalue weighted by Crippen LogP contribution is 2.03. The van der Waals surface area contributed by atoms with Crippen LogP contribution in [-0.2, 0) is 19.1 Å². The number of rotatable bonds is 10. The summed E-state index contributed by atoms with van der Waals surface area (Å²) in [6.07, 6.45) is 2.83. The van der Waals surface area contributed by atoms with Crippen LogP contribution in [0.15, 0.2) is 0 Å². The maximum atomic E-state index is 11.7. The minimum atomic E-state index is -0.593. The van der Waals surface area contributed by atoms with E-state index >= 15 is 0 Å². The van der Waals surface area contributed by atoms with Gasteiger partial charge in [0.2, 0.25) is 11.8 Å². The number of carbonyl (C=O) groups is 3. The third-order valence-corrected chi connectivity index (χ3v) is 2.79. The first-order valence-corrected chi connectivity index (χ1v) is 7.27. The largest absolute Gasteiger partial charge is 0.464 e. The summed E-state index contributed by atoms with van der Waals surface area (Å²) in [6.45, 7) is 6.15. The number of hydrogen-bond acceptors (Lipinski definition) is 4. The first kappa shape index (κ1) is 18.4. The van der Waals surface area contributed by atoms with E-state index in [2.05, 4.69) is 10.6 Å². The number of amides is 2. The van der Waals surface area contributed by atoms with E-state index in [0.717, 1.165) is 12.8 Å². The highest BCUT2D eigenvalue weighted by atomic mass is 16.5. The van der Waals surface area contributed by atoms with Crippen molar-refractivity contribution in [3.63, 3.8) is 0 Å². The number of esters is 1. The van der Waals surface area contributed by atoms with Crippen molar-refractivity contribution in [2.45, 2.75) is 58.9 Å². The average molecular weight is 286 g/mol. The summed E-state index contributed by atoms with van der Waals surface area (Å²) in [5, 5.41) is 5.43. The predicted molar refractivity (Wildman–Crippen MR) is 76.0 cm³/mol. The molecule has 0 spiro atoms. The van der Waals surface area contributed by atoms with Gasteiger partial charge in [-0.3, -0.25) is 9.59 Å². The van der Waals surface area contributed by atoms with Crippen molar-refractivity contribution in [2.75, 3.05) is 13.2 Å². The summed E-state index contributed by atoms with van der Waals surface area (Å²) in [6, 6.07) is -0.593. The van der Waals surface area contributed by atoms with Crippen LogP contribution < -0.4 is 10.6 Å². The van der Waals surface area contributed by atoms with E-state index < -0.39 is 12.0 Å². The van der Waals surface area contributed by atoms with E-state index in [0.29, 0.717) is 32.4 Å². The Labute approximate surface area is 120 Å². The van der Waals surface area contributed by atoms with Crippen LogP contribution in [0.3, 0.4) is 0 Å². The Kier molecular flexibility index (Phi) is 10.4. The molecule has 0 saturated carbocycles. The van der Waals surface area contributed by atoms with Gasteiger partial charge in [0.05, 0.1) is 6.61 Å². The van der Waals surface area contributed by atoms with Crippen molar-refractivity contribution in [3.05, 3.63) is 0 Å². The normalized spacial score (nSPS) is 11.6. The summed E-state index contributed by atoms with van der Waals surface area (Å²) in [4.78, 5) is 34.1. The highest BCUT2D eigenvalue weighted by Gasteiger charge is 2.20. The third-order valence-electron chi connectivity index (χ3n) is 2.79. The van der Waals surface area contributed by atoms with Crippen LogP contribution in [0.1, 0.15) is 52.9 Å². The molecule has 2 amide bonds. The molecule has 20 heavy (non-hydrogen) atoms. The minimum absolute atomic E-state index is 0.0197. The Morgan fingerprint density at radius 1 is 1.00 bits per heavy atom. The van der Waals surface area contributed by atoms with Gasteiger partial charge in [-0.05, 0) is 26.2 Å². The molecule has 0 saturated heterocycles. The first-order valence-electron chi connectivity index (χ1n) is 7.27. The Hall–Kier alpha value is -1.59. The molecule has 1 atom stereocenters. The summed E-state index contributed by atoms with van der Waals surface area (Å²) in [5.74, 6) is -0.541. The van der Waals surface area contributed by atoms with E-state index in [1.807, 2.05) is 0 Å². The summed E-state index contributed by atoms with van der Waals surface area (Å²) < 4.78 is 4.94. The zero-order valence-corrected chi connectivity index (χ0v) is 12.7. The lowest BCUT2D eigenvalue weighted by Crippen LogP contribution is -2.41. The molecule has 0 radical (unpaired) electrons. The Bertz CT molecular complexity index is 318. The molecule has 0 heterocycles. The van der Waals surface area contributed by atoms with E-state index in [1.165, 1.54) is 0 Å². The van der Waals surface area contributed by atoms with Gasteiger partial charge in [0.1, 0.15) is 6.04 Å². The molecule has 0 aliphatic carbocycles. The van der Waals surface area contributed by atoms with Crippen LogP contribution in [0.5, 0.6) is 0 Å². The topological polar surface area (TPSA) is 84.5 Å². The summed E-state index contributed by atoms with van der Waals surface area (Å²) >= 11 is 0. The smallest absolute Gasteiger partial charge is 0.328 e. The second-order valence-electron chi connectivity index (χ2n) is 4.42. The van der Waals surface area contributed by atoms with E-state index in [4.69, 9.17) is 4.74 Å². The number of nitrogens with one attached hydrogen (secondary N) is 2. The molecule has 6 heteroatoms. The standard InChI is InChI=1S/C14H26N2O4/c1-4-12(17)15-10-8-7-9-11(14(19)20-6-3)16-13(18)5-2/h11H,4-10H2,1-3H3,(H,15,17)(H,16,18)/t11-/m0/s1. The fourth-order valence-electron chi connectivity index (χ4n) is 1.61. The SMILES string of the molecule is CCOC(=O)[C@H](CCCCNC(=O)CC)NC(=O)CC. The van der Waals surface area contributed by atoms with Crippen LogP contribution in [0, 0.1) is 0 Å². The molecule has 2 N–H and O–H groups in total. The minimum Gasteiger partial charge on any atom is -0.464 e. The number of carbonyl (C=O) groups excluding carboxylic acids is 3. The second-order valence-corrected chi connectivity index (χ2v) is 4.42. The van der Waals surface area contributed by atoms with Gasteiger partial charge in [0, 0.05) is 19.4 Å². The second kappa shape index (κ2) is 11.3. The Morgan fingerprint density at radius 2 is 1.65 bits per heavy atom. The van der Waals surface area contributed by atoms with Gasteiger partial charge in [-0.1, -0.05) is 13.8 Å². The van der Waals surface area contributed by atoms with Crippen molar-refractivity contribution in [2.24, 2.45) is 0 Å². The molecule has 0 aliphatic rings. The summed E-state index contributed by atoms with van der Waals surface area (Å²) in [7, 11) is 0. The van der Waals surface area contributed by atoms with Gasteiger partial charge in [-0.25, -0.2) is 4.79 Å². The average Bonchev–Trinajstić information content (AvgIpc) is 2.45. The lowest BCUT2D eigenvalue weighted by Gasteiger charge is -2.16. The first-order chi connectivity index (χ1) is 9.54. The van der Waals surface area contributed by atoms with Crippen LogP contribution in [0.4, 0.5) is 0 Å². The van der Waals surface area contributed by atoms with E-state index in [9.17, 15) is 14.4 Å². The molecular weight excluding hydrogens is 260 g/mol. The zero-order chi connectivity index (χ0) is 15.4. The van der Waals surface area contributed by atoms with Crippen molar-refractivity contribution in [3.8, 4) is 0 Å². The van der Waals surface area contributed by atoms with Crippen LogP contribution >= 0.6 is 0 Å². The fraction of sp³-hybridized carbons (Fsp3) is 0.786. The number of ether oxygens (including phenoxy) is 1. The molecule has 0 aromatic carbocycles. The molecule has 0 fully saturated rings. The molecule has 6 nitrogen and oxygen atoms in total. The Balaban J connectivity index is 4.06. The van der Waals surface area contributed by atoms with Crippen LogP contribution in [-0.4, -0.2) is 37.0 Å². The van der Waals surface area contributed by atoms with Gasteiger partial charge < -0.3 is 15.4 Å². The maximum absolute atomic E-state index is 11.7. The molecule has 0 aromatic heterocycles. The fourth-order valence-corrected chi connectivity index (χ4v) is 1.61. The highest BCUT2D eigenvalue weighted by molar-refractivity contribution is 5.84. The maximum Gasteiger partial charge on any atom is 0.328 e. The van der Waals surface area contributed by atoms with Gasteiger partial charge in [0.25, 0.3) is 0 Å². The molecule has 116 valence electrons. The van der Waals surface area contributed by atoms with Crippen molar-refractivity contribution < 1.29 is 19.1 Å². The predicted octanol–water partition coefficient (Wildman–Crippen LogP) is 1.14. The quantitative estimate of drug-likeness (QED) is 0.466. The lowest BCUT2D eigenvalue weighted by molar-refractivity contribution is -0.147. The molecule has 0 aliphatic heterocycles. The molecular formula is C14H26N2O4. The van der Waals surface area contributed by atoms with Crippen LogP contribution in [0.25, 0.3) is 0 Å². The van der Waals surface area contributed by atoms with E-state index in [-0.39, 0.29) is 11.8 Å². The van der Waals surface area contributed by atoms with Crippen molar-refractivity contribution in [1.82, 2.24) is 10.6 Å². The molecule has 0 aromatic rings. The van der Waals surface area contributed by atoms with Gasteiger partial charge in [-0.2, -0.15) is 0 Å². The summed E-state index contributed by atoms with van der Waals surface area (Å²) in [5.41, 5.74) is 0. The van der Waals surface area contributed by atoms with Crippen molar-refractivity contribution >= 4 is 17.8 Å². The van der Waals surface area contributed by atoms with Crippen LogP contribution in [0.2, 0.25) is 0 Å². The molecule has 0 bridgehead atoms. The lowest BCUT2D eigenvalue weighted by atomic mass is 10.1. The number of unbranched alkanes of at least 4 members (excludes halogenated alkanes) is 1. The van der Waals surface area contributed by atoms with Gasteiger partial charge in [0.15, 0.2) is 0 Å². The Morgan fingerprint density at radius 3 is 2.20 bits per heavy atom. The third kappa shape index (κ3) is 8.50. The van der Waals surface area contributed by atoms with Gasteiger partial charge in [-0.15, -0.1) is 0 Å².